The molecular formula is C15H17N3O3S. The van der Waals surface area contributed by atoms with Crippen LogP contribution in [-0.2, 0) is 14.6 Å². The van der Waals surface area contributed by atoms with Gasteiger partial charge in [-0.15, -0.1) is 0 Å². The molecule has 1 aliphatic heterocycles. The van der Waals surface area contributed by atoms with Gasteiger partial charge in [0, 0.05) is 35.9 Å². The Morgan fingerprint density at radius 1 is 1.55 bits per heavy atom. The van der Waals surface area contributed by atoms with Crippen molar-refractivity contribution in [2.45, 2.75) is 32.1 Å². The quantitative estimate of drug-likeness (QED) is 0.858. The molecule has 6 nitrogen and oxygen atoms in total. The lowest BCUT2D eigenvalue weighted by molar-refractivity contribution is 0.223. The van der Waals surface area contributed by atoms with Crippen molar-refractivity contribution in [2.75, 3.05) is 6.61 Å². The highest BCUT2D eigenvalue weighted by atomic mass is 32.2. The van der Waals surface area contributed by atoms with Gasteiger partial charge in [0.05, 0.1) is 17.6 Å². The lowest BCUT2D eigenvalue weighted by atomic mass is 10.0. The fourth-order valence-corrected chi connectivity index (χ4v) is 4.01. The summed E-state index contributed by atoms with van der Waals surface area (Å²) < 4.78 is 31.0. The number of rotatable bonds is 4. The van der Waals surface area contributed by atoms with Gasteiger partial charge in [0.1, 0.15) is 5.76 Å². The number of allylic oxidation sites excluding steroid dienone is 4. The van der Waals surface area contributed by atoms with Crippen LogP contribution in [0.15, 0.2) is 39.0 Å². The average Bonchev–Trinajstić information content (AvgIpc) is 2.50. The summed E-state index contributed by atoms with van der Waals surface area (Å²) in [5, 5.41) is 15.6. The first-order valence-electron chi connectivity index (χ1n) is 6.88. The Balaban J connectivity index is 2.47. The third kappa shape index (κ3) is 3.02. The van der Waals surface area contributed by atoms with Crippen LogP contribution in [0.3, 0.4) is 0 Å². The molecule has 0 bridgehead atoms. The molecule has 0 saturated heterocycles. The Morgan fingerprint density at radius 2 is 2.27 bits per heavy atom. The highest BCUT2D eigenvalue weighted by Crippen LogP contribution is 2.32. The average molecular weight is 319 g/mol. The summed E-state index contributed by atoms with van der Waals surface area (Å²) in [6.07, 6.45) is 4.78. The van der Waals surface area contributed by atoms with Gasteiger partial charge < -0.3 is 10.1 Å². The predicted molar refractivity (Wildman–Crippen MR) is 84.3 cm³/mol. The Morgan fingerprint density at radius 3 is 2.91 bits per heavy atom. The molecule has 0 aromatic rings. The van der Waals surface area contributed by atoms with E-state index in [0.717, 1.165) is 0 Å². The molecule has 2 rings (SSSR count). The van der Waals surface area contributed by atoms with Crippen molar-refractivity contribution in [3.63, 3.8) is 0 Å². The molecule has 0 aromatic heterocycles. The van der Waals surface area contributed by atoms with Crippen molar-refractivity contribution in [2.24, 2.45) is 4.99 Å². The van der Waals surface area contributed by atoms with Crippen LogP contribution in [0.2, 0.25) is 0 Å². The number of hydrogen-bond donors (Lipinski definition) is 1. The van der Waals surface area contributed by atoms with Gasteiger partial charge in [0.15, 0.2) is 5.37 Å². The molecule has 1 unspecified atom stereocenters. The number of nitrogens with zero attached hydrogens (tertiary/aromatic N) is 2. The van der Waals surface area contributed by atoms with Crippen LogP contribution < -0.4 is 0 Å². The number of dihydropyridines is 1. The first-order chi connectivity index (χ1) is 10.4. The zero-order valence-electron chi connectivity index (χ0n) is 12.5. The summed E-state index contributed by atoms with van der Waals surface area (Å²) in [7, 11) is -3.80. The summed E-state index contributed by atoms with van der Waals surface area (Å²) >= 11 is 0. The Kier molecular flexibility index (Phi) is 4.62. The van der Waals surface area contributed by atoms with Crippen LogP contribution in [0.5, 0.6) is 0 Å². The van der Waals surface area contributed by atoms with E-state index in [1.807, 2.05) is 13.0 Å². The van der Waals surface area contributed by atoms with Gasteiger partial charge in [0.25, 0.3) is 0 Å². The van der Waals surface area contributed by atoms with Gasteiger partial charge in [-0.05, 0) is 26.0 Å². The molecule has 1 atom stereocenters. The standard InChI is InChI=1S/C15H17N3O3S/c1-3-21-13-7-12(17)8-14(10(13)2)22(19,20)15-6-11(9-16)4-5-18-15/h5-6,8,15,17H,3-4,7H2,1-2H3. The summed E-state index contributed by atoms with van der Waals surface area (Å²) in [6, 6.07) is 1.96. The first kappa shape index (κ1) is 16.2. The number of nitriles is 1. The van der Waals surface area contributed by atoms with Crippen LogP contribution in [-0.4, -0.2) is 32.3 Å². The minimum absolute atomic E-state index is 0.0461. The monoisotopic (exact) mass is 319 g/mol. The maximum atomic E-state index is 12.8. The molecule has 0 radical (unpaired) electrons. The van der Waals surface area contributed by atoms with Gasteiger partial charge in [-0.1, -0.05) is 0 Å². The second-order valence-electron chi connectivity index (χ2n) is 4.97. The highest BCUT2D eigenvalue weighted by molar-refractivity contribution is 7.96. The van der Waals surface area contributed by atoms with Crippen molar-refractivity contribution in [3.8, 4) is 6.07 Å². The van der Waals surface area contributed by atoms with Gasteiger partial charge in [-0.25, -0.2) is 8.42 Å². The summed E-state index contributed by atoms with van der Waals surface area (Å²) in [4.78, 5) is 4.04. The lowest BCUT2D eigenvalue weighted by Gasteiger charge is -2.22. The van der Waals surface area contributed by atoms with E-state index in [2.05, 4.69) is 4.99 Å². The van der Waals surface area contributed by atoms with E-state index in [1.54, 1.807) is 6.92 Å². The predicted octanol–water partition coefficient (Wildman–Crippen LogP) is 2.27. The van der Waals surface area contributed by atoms with Crippen molar-refractivity contribution >= 4 is 21.8 Å². The van der Waals surface area contributed by atoms with E-state index in [0.29, 0.717) is 29.9 Å². The van der Waals surface area contributed by atoms with Gasteiger partial charge in [-0.2, -0.15) is 5.26 Å². The smallest absolute Gasteiger partial charge is 0.205 e. The summed E-state index contributed by atoms with van der Waals surface area (Å²) in [5.74, 6) is 0.498. The molecule has 0 saturated carbocycles. The maximum Gasteiger partial charge on any atom is 0.205 e. The summed E-state index contributed by atoms with van der Waals surface area (Å²) in [5.41, 5.74) is 1.06. The Bertz CT molecular complexity index is 764. The van der Waals surface area contributed by atoms with Gasteiger partial charge >= 0.3 is 0 Å². The molecule has 0 aromatic carbocycles. The summed E-state index contributed by atoms with van der Waals surface area (Å²) in [6.45, 7) is 3.89. The fraction of sp³-hybridized carbons (Fsp3) is 0.400. The van der Waals surface area contributed by atoms with Crippen LogP contribution in [0.25, 0.3) is 0 Å². The zero-order chi connectivity index (χ0) is 16.3. The van der Waals surface area contributed by atoms with Crippen molar-refractivity contribution in [1.29, 1.82) is 10.7 Å². The SMILES string of the molecule is CCOC1=C(C)C(S(=O)(=O)C2C=C(C#N)CC=N2)=CC(=N)C1. The number of nitrogens with one attached hydrogen (secondary N) is 1. The van der Waals surface area contributed by atoms with E-state index in [4.69, 9.17) is 15.4 Å². The molecule has 7 heteroatoms. The van der Waals surface area contributed by atoms with E-state index < -0.39 is 15.2 Å². The number of hydrogen-bond acceptors (Lipinski definition) is 6. The van der Waals surface area contributed by atoms with E-state index in [1.165, 1.54) is 18.4 Å². The third-order valence-corrected chi connectivity index (χ3v) is 5.37. The molecule has 0 amide bonds. The maximum absolute atomic E-state index is 12.8. The van der Waals surface area contributed by atoms with E-state index >= 15 is 0 Å². The topological polar surface area (TPSA) is 103 Å². The number of sulfone groups is 1. The molecule has 0 spiro atoms. The van der Waals surface area contributed by atoms with Crippen molar-refractivity contribution < 1.29 is 13.2 Å². The Hall–Kier alpha value is -2.20. The fourth-order valence-electron chi connectivity index (χ4n) is 2.31. The molecule has 0 fully saturated rings. The second kappa shape index (κ2) is 6.28. The van der Waals surface area contributed by atoms with Crippen molar-refractivity contribution in [1.82, 2.24) is 0 Å². The van der Waals surface area contributed by atoms with Crippen LogP contribution >= 0.6 is 0 Å². The van der Waals surface area contributed by atoms with Crippen LogP contribution in [0.1, 0.15) is 26.7 Å². The molecule has 1 aliphatic carbocycles. The molecule has 2 aliphatic rings. The molecule has 22 heavy (non-hydrogen) atoms. The zero-order valence-corrected chi connectivity index (χ0v) is 13.3. The Labute approximate surface area is 129 Å². The van der Waals surface area contributed by atoms with Gasteiger partial charge in [0.2, 0.25) is 9.84 Å². The lowest BCUT2D eigenvalue weighted by Crippen LogP contribution is -2.25. The van der Waals surface area contributed by atoms with Crippen LogP contribution in [0, 0.1) is 16.7 Å². The van der Waals surface area contributed by atoms with Crippen molar-refractivity contribution in [3.05, 3.63) is 34.0 Å². The van der Waals surface area contributed by atoms with Crippen LogP contribution in [0.4, 0.5) is 0 Å². The third-order valence-electron chi connectivity index (χ3n) is 3.44. The van der Waals surface area contributed by atoms with E-state index in [9.17, 15) is 8.42 Å². The highest BCUT2D eigenvalue weighted by Gasteiger charge is 2.33. The minimum Gasteiger partial charge on any atom is -0.497 e. The number of ether oxygens (including phenoxy) is 1. The molecule has 1 N–H and O–H groups in total. The van der Waals surface area contributed by atoms with E-state index in [-0.39, 0.29) is 17.0 Å². The largest absolute Gasteiger partial charge is 0.497 e. The number of aliphatic imine (C=N–C) groups is 1. The first-order valence-corrected chi connectivity index (χ1v) is 8.43. The minimum atomic E-state index is -3.80. The molecule has 116 valence electrons. The normalized spacial score (nSPS) is 22.0. The molecular weight excluding hydrogens is 302 g/mol. The van der Waals surface area contributed by atoms with Gasteiger partial charge in [-0.3, -0.25) is 4.99 Å². The molecule has 1 heterocycles. The second-order valence-corrected chi connectivity index (χ2v) is 6.98.